The van der Waals surface area contributed by atoms with Crippen molar-refractivity contribution in [2.24, 2.45) is 0 Å². The first-order chi connectivity index (χ1) is 8.70. The molecular weight excluding hydrogens is 244 g/mol. The van der Waals surface area contributed by atoms with Gasteiger partial charge in [-0.15, -0.1) is 0 Å². The van der Waals surface area contributed by atoms with Crippen LogP contribution in [0.5, 0.6) is 0 Å². The van der Waals surface area contributed by atoms with Crippen molar-refractivity contribution in [2.45, 2.75) is 63.3 Å². The Balaban J connectivity index is 1.85. The van der Waals surface area contributed by atoms with Gasteiger partial charge in [0, 0.05) is 17.8 Å². The number of carbonyl (C=O) groups excluding carboxylic acids is 1. The molecule has 0 aromatic carbocycles. The van der Waals surface area contributed by atoms with Crippen molar-refractivity contribution in [3.8, 4) is 0 Å². The van der Waals surface area contributed by atoms with Gasteiger partial charge in [-0.05, 0) is 44.9 Å². The molecule has 1 saturated heterocycles. The molecule has 18 heavy (non-hydrogen) atoms. The van der Waals surface area contributed by atoms with Crippen molar-refractivity contribution in [1.82, 2.24) is 10.2 Å². The number of rotatable bonds is 5. The van der Waals surface area contributed by atoms with Crippen molar-refractivity contribution < 1.29 is 4.79 Å². The number of likely N-dealkylation sites (tertiary alicyclic amines) is 1. The van der Waals surface area contributed by atoms with E-state index in [1.54, 1.807) is 0 Å². The highest BCUT2D eigenvalue weighted by molar-refractivity contribution is 7.99. The smallest absolute Gasteiger partial charge is 0.237 e. The maximum atomic E-state index is 12.1. The van der Waals surface area contributed by atoms with E-state index in [1.807, 2.05) is 0 Å². The monoisotopic (exact) mass is 270 g/mol. The number of amides is 1. The van der Waals surface area contributed by atoms with E-state index in [0.29, 0.717) is 11.3 Å². The molecule has 2 aliphatic rings. The van der Waals surface area contributed by atoms with E-state index < -0.39 is 0 Å². The molecule has 0 radical (unpaired) electrons. The highest BCUT2D eigenvalue weighted by atomic mass is 32.2. The van der Waals surface area contributed by atoms with Crippen LogP contribution in [0.15, 0.2) is 0 Å². The Labute approximate surface area is 115 Å². The summed E-state index contributed by atoms with van der Waals surface area (Å²) in [5.41, 5.74) is 0. The lowest BCUT2D eigenvalue weighted by Gasteiger charge is -2.29. The molecule has 2 fully saturated rings. The molecule has 1 heterocycles. The molecular formula is C14H26N2OS. The molecule has 0 spiro atoms. The van der Waals surface area contributed by atoms with E-state index in [2.05, 4.69) is 35.8 Å². The molecule has 0 aromatic heterocycles. The van der Waals surface area contributed by atoms with Crippen molar-refractivity contribution in [3.63, 3.8) is 0 Å². The summed E-state index contributed by atoms with van der Waals surface area (Å²) in [6.07, 6.45) is 6.21. The molecule has 2 atom stereocenters. The van der Waals surface area contributed by atoms with Crippen LogP contribution in [0.4, 0.5) is 0 Å². The highest BCUT2D eigenvalue weighted by Gasteiger charge is 2.30. The minimum absolute atomic E-state index is 0.0451. The molecule has 0 aromatic rings. The third kappa shape index (κ3) is 4.16. The molecule has 2 rings (SSSR count). The van der Waals surface area contributed by atoms with Gasteiger partial charge in [-0.25, -0.2) is 0 Å². The second kappa shape index (κ2) is 6.80. The Morgan fingerprint density at radius 2 is 2.17 bits per heavy atom. The fourth-order valence-corrected chi connectivity index (χ4v) is 3.67. The van der Waals surface area contributed by atoms with Crippen LogP contribution in [-0.4, -0.2) is 47.0 Å². The van der Waals surface area contributed by atoms with Gasteiger partial charge in [0.25, 0.3) is 0 Å². The van der Waals surface area contributed by atoms with Crippen LogP contribution in [0, 0.1) is 0 Å². The minimum Gasteiger partial charge on any atom is -0.352 e. The van der Waals surface area contributed by atoms with Gasteiger partial charge in [-0.2, -0.15) is 11.8 Å². The summed E-state index contributed by atoms with van der Waals surface area (Å²) in [4.78, 5) is 14.5. The third-order valence-corrected chi connectivity index (χ3v) is 5.10. The van der Waals surface area contributed by atoms with Crippen LogP contribution >= 0.6 is 11.8 Å². The summed E-state index contributed by atoms with van der Waals surface area (Å²) in [6.45, 7) is 6.46. The van der Waals surface area contributed by atoms with Crippen LogP contribution in [0.2, 0.25) is 0 Å². The lowest BCUT2D eigenvalue weighted by atomic mass is 10.2. The number of carbonyl (C=O) groups is 1. The summed E-state index contributed by atoms with van der Waals surface area (Å²) in [5, 5.41) is 3.85. The normalized spacial score (nSPS) is 27.6. The molecule has 104 valence electrons. The Morgan fingerprint density at radius 1 is 1.39 bits per heavy atom. The van der Waals surface area contributed by atoms with Gasteiger partial charge in [-0.1, -0.05) is 13.3 Å². The van der Waals surface area contributed by atoms with Crippen LogP contribution < -0.4 is 5.32 Å². The largest absolute Gasteiger partial charge is 0.352 e. The average molecular weight is 270 g/mol. The van der Waals surface area contributed by atoms with E-state index in [1.165, 1.54) is 37.9 Å². The fourth-order valence-electron chi connectivity index (χ4n) is 2.57. The summed E-state index contributed by atoms with van der Waals surface area (Å²) < 4.78 is 0. The lowest BCUT2D eigenvalue weighted by Crippen LogP contribution is -2.47. The summed E-state index contributed by atoms with van der Waals surface area (Å²) in [6, 6.07) is 0.524. The average Bonchev–Trinajstić information content (AvgIpc) is 3.16. The van der Waals surface area contributed by atoms with Gasteiger partial charge in [0.15, 0.2) is 0 Å². The molecule has 3 nitrogen and oxygen atoms in total. The van der Waals surface area contributed by atoms with E-state index in [4.69, 9.17) is 0 Å². The van der Waals surface area contributed by atoms with Crippen molar-refractivity contribution in [1.29, 1.82) is 0 Å². The van der Waals surface area contributed by atoms with Crippen LogP contribution in [0.25, 0.3) is 0 Å². The molecule has 1 saturated carbocycles. The van der Waals surface area contributed by atoms with E-state index in [0.717, 1.165) is 13.1 Å². The highest BCUT2D eigenvalue weighted by Crippen LogP contribution is 2.24. The second-order valence-electron chi connectivity index (χ2n) is 5.53. The number of nitrogens with one attached hydrogen (secondary N) is 1. The van der Waals surface area contributed by atoms with Crippen molar-refractivity contribution >= 4 is 17.7 Å². The van der Waals surface area contributed by atoms with Crippen LogP contribution in [-0.2, 0) is 4.79 Å². The van der Waals surface area contributed by atoms with Gasteiger partial charge in [0.05, 0.1) is 6.04 Å². The molecule has 0 bridgehead atoms. The Kier molecular flexibility index (Phi) is 5.37. The Hall–Kier alpha value is -0.220. The predicted octanol–water partition coefficient (Wildman–Crippen LogP) is 2.26. The van der Waals surface area contributed by atoms with Gasteiger partial charge in [0.2, 0.25) is 5.91 Å². The van der Waals surface area contributed by atoms with E-state index >= 15 is 0 Å². The zero-order valence-corrected chi connectivity index (χ0v) is 12.5. The van der Waals surface area contributed by atoms with Gasteiger partial charge in [0.1, 0.15) is 0 Å². The summed E-state index contributed by atoms with van der Waals surface area (Å²) in [5.74, 6) is 1.42. The Bertz CT molecular complexity index is 281. The minimum atomic E-state index is 0.0451. The SMILES string of the molecule is CCS[C@H]1CCCCN([C@@H](C)C(=O)NC2CC2)C1. The van der Waals surface area contributed by atoms with Gasteiger partial charge < -0.3 is 5.32 Å². The number of hydrogen-bond acceptors (Lipinski definition) is 3. The maximum absolute atomic E-state index is 12.1. The van der Waals surface area contributed by atoms with Crippen molar-refractivity contribution in [3.05, 3.63) is 0 Å². The standard InChI is InChI=1S/C14H26N2OS/c1-3-18-13-6-4-5-9-16(10-13)11(2)14(17)15-12-7-8-12/h11-13H,3-10H2,1-2H3,(H,15,17)/t11-,13-/m0/s1. The predicted molar refractivity (Wildman–Crippen MR) is 78.0 cm³/mol. The topological polar surface area (TPSA) is 32.3 Å². The Morgan fingerprint density at radius 3 is 2.83 bits per heavy atom. The first-order valence-corrected chi connectivity index (χ1v) is 8.41. The maximum Gasteiger partial charge on any atom is 0.237 e. The first-order valence-electron chi connectivity index (χ1n) is 7.36. The first kappa shape index (κ1) is 14.2. The van der Waals surface area contributed by atoms with Gasteiger partial charge in [-0.3, -0.25) is 9.69 Å². The molecule has 4 heteroatoms. The zero-order chi connectivity index (χ0) is 13.0. The van der Waals surface area contributed by atoms with Crippen LogP contribution in [0.3, 0.4) is 0 Å². The molecule has 1 N–H and O–H groups in total. The molecule has 1 aliphatic heterocycles. The number of hydrogen-bond donors (Lipinski definition) is 1. The second-order valence-corrected chi connectivity index (χ2v) is 7.10. The van der Waals surface area contributed by atoms with E-state index in [-0.39, 0.29) is 11.9 Å². The zero-order valence-electron chi connectivity index (χ0n) is 11.7. The molecule has 1 aliphatic carbocycles. The lowest BCUT2D eigenvalue weighted by molar-refractivity contribution is -0.126. The number of nitrogens with zero attached hydrogens (tertiary/aromatic N) is 1. The van der Waals surface area contributed by atoms with Crippen molar-refractivity contribution in [2.75, 3.05) is 18.8 Å². The van der Waals surface area contributed by atoms with Crippen LogP contribution in [0.1, 0.15) is 46.0 Å². The summed E-state index contributed by atoms with van der Waals surface area (Å²) in [7, 11) is 0. The number of thioether (sulfide) groups is 1. The summed E-state index contributed by atoms with van der Waals surface area (Å²) >= 11 is 2.05. The molecule has 1 amide bonds. The van der Waals surface area contributed by atoms with E-state index in [9.17, 15) is 4.79 Å². The fraction of sp³-hybridized carbons (Fsp3) is 0.929. The van der Waals surface area contributed by atoms with Gasteiger partial charge >= 0.3 is 0 Å². The quantitative estimate of drug-likeness (QED) is 0.832. The third-order valence-electron chi connectivity index (χ3n) is 3.91. The molecule has 0 unspecified atom stereocenters.